The summed E-state index contributed by atoms with van der Waals surface area (Å²) in [5.41, 5.74) is 1.25. The maximum Gasteiger partial charge on any atom is 0.191 e. The van der Waals surface area contributed by atoms with Gasteiger partial charge in [0.1, 0.15) is 11.4 Å². The van der Waals surface area contributed by atoms with Crippen molar-refractivity contribution < 1.29 is 9.52 Å². The molecular formula is C21H28N4O2. The molecule has 2 heterocycles. The van der Waals surface area contributed by atoms with Crippen LogP contribution in [-0.2, 0) is 12.1 Å². The maximum absolute atomic E-state index is 10.6. The lowest BCUT2D eigenvalue weighted by Crippen LogP contribution is -2.44. The van der Waals surface area contributed by atoms with Gasteiger partial charge in [0.15, 0.2) is 5.96 Å². The summed E-state index contributed by atoms with van der Waals surface area (Å²) < 4.78 is 5.32. The van der Waals surface area contributed by atoms with Crippen LogP contribution >= 0.6 is 0 Å². The number of anilines is 1. The number of furan rings is 1. The minimum atomic E-state index is -1.11. The second kappa shape index (κ2) is 8.77. The van der Waals surface area contributed by atoms with E-state index in [1.807, 2.05) is 6.92 Å². The molecule has 0 aliphatic carbocycles. The van der Waals surface area contributed by atoms with Gasteiger partial charge in [-0.1, -0.05) is 24.3 Å². The van der Waals surface area contributed by atoms with Crippen LogP contribution in [0, 0.1) is 0 Å². The molecule has 144 valence electrons. The van der Waals surface area contributed by atoms with E-state index >= 15 is 0 Å². The SMILES string of the molecule is CCNC(=NCc1cccc(N2CC=CC2)c1)NCC(C)(O)c1ccco1. The molecule has 3 N–H and O–H groups in total. The molecule has 6 nitrogen and oxygen atoms in total. The normalized spacial score (nSPS) is 16.4. The first-order valence-corrected chi connectivity index (χ1v) is 9.36. The monoisotopic (exact) mass is 368 g/mol. The van der Waals surface area contributed by atoms with Crippen molar-refractivity contribution in [2.45, 2.75) is 26.0 Å². The molecule has 0 fully saturated rings. The molecule has 1 aliphatic rings. The van der Waals surface area contributed by atoms with Crippen LogP contribution in [0.5, 0.6) is 0 Å². The molecule has 2 aromatic rings. The summed E-state index contributed by atoms with van der Waals surface area (Å²) in [6, 6.07) is 12.0. The van der Waals surface area contributed by atoms with Crippen LogP contribution < -0.4 is 15.5 Å². The molecule has 3 rings (SSSR count). The van der Waals surface area contributed by atoms with Gasteiger partial charge < -0.3 is 25.1 Å². The highest BCUT2D eigenvalue weighted by molar-refractivity contribution is 5.79. The van der Waals surface area contributed by atoms with E-state index in [1.165, 1.54) is 5.69 Å². The first-order chi connectivity index (χ1) is 13.1. The minimum absolute atomic E-state index is 0.297. The Labute approximate surface area is 160 Å². The van der Waals surface area contributed by atoms with Gasteiger partial charge >= 0.3 is 0 Å². The Bertz CT molecular complexity index is 773. The molecule has 0 saturated carbocycles. The standard InChI is InChI=1S/C21H28N4O2/c1-3-22-20(24-16-21(2,26)19-10-7-13-27-19)23-15-17-8-6-9-18(14-17)25-11-4-5-12-25/h4-10,13-14,26H,3,11-12,15-16H2,1-2H3,(H2,22,23,24). The molecule has 1 aromatic carbocycles. The van der Waals surface area contributed by atoms with Crippen LogP contribution in [0.25, 0.3) is 0 Å². The Hall–Kier alpha value is -2.73. The Balaban J connectivity index is 1.62. The molecule has 1 aliphatic heterocycles. The first-order valence-electron chi connectivity index (χ1n) is 9.36. The molecule has 27 heavy (non-hydrogen) atoms. The first kappa shape index (κ1) is 19.0. The summed E-state index contributed by atoms with van der Waals surface area (Å²) in [4.78, 5) is 6.97. The van der Waals surface area contributed by atoms with Crippen LogP contribution in [0.15, 0.2) is 64.2 Å². The highest BCUT2D eigenvalue weighted by Gasteiger charge is 2.26. The van der Waals surface area contributed by atoms with E-state index in [1.54, 1.807) is 25.3 Å². The lowest BCUT2D eigenvalue weighted by atomic mass is 10.0. The van der Waals surface area contributed by atoms with Crippen molar-refractivity contribution in [3.63, 3.8) is 0 Å². The van der Waals surface area contributed by atoms with Crippen LogP contribution in [0.2, 0.25) is 0 Å². The van der Waals surface area contributed by atoms with Crippen LogP contribution in [0.1, 0.15) is 25.2 Å². The van der Waals surface area contributed by atoms with Crippen LogP contribution in [-0.4, -0.2) is 37.2 Å². The fourth-order valence-electron chi connectivity index (χ4n) is 2.98. The Morgan fingerprint density at radius 2 is 2.04 bits per heavy atom. The topological polar surface area (TPSA) is 73.0 Å². The minimum Gasteiger partial charge on any atom is -0.466 e. The van der Waals surface area contributed by atoms with Crippen molar-refractivity contribution in [3.8, 4) is 0 Å². The summed E-state index contributed by atoms with van der Waals surface area (Å²) in [5.74, 6) is 1.19. The van der Waals surface area contributed by atoms with Gasteiger partial charge in [0, 0.05) is 25.3 Å². The number of hydrogen-bond acceptors (Lipinski definition) is 4. The second-order valence-corrected chi connectivity index (χ2v) is 6.85. The van der Waals surface area contributed by atoms with Crippen molar-refractivity contribution in [2.75, 3.05) is 31.1 Å². The smallest absolute Gasteiger partial charge is 0.191 e. The number of aliphatic imine (C=N–C) groups is 1. The maximum atomic E-state index is 10.6. The van der Waals surface area contributed by atoms with E-state index in [4.69, 9.17) is 4.42 Å². The van der Waals surface area contributed by atoms with Crippen molar-refractivity contribution in [3.05, 3.63) is 66.1 Å². The highest BCUT2D eigenvalue weighted by atomic mass is 16.4. The molecule has 0 bridgehead atoms. The average molecular weight is 368 g/mol. The van der Waals surface area contributed by atoms with Gasteiger partial charge in [-0.25, -0.2) is 4.99 Å². The molecule has 1 unspecified atom stereocenters. The summed E-state index contributed by atoms with van der Waals surface area (Å²) in [5, 5.41) is 17.0. The van der Waals surface area contributed by atoms with E-state index in [9.17, 15) is 5.11 Å². The predicted molar refractivity (Wildman–Crippen MR) is 109 cm³/mol. The fourth-order valence-corrected chi connectivity index (χ4v) is 2.98. The number of nitrogens with one attached hydrogen (secondary N) is 2. The molecule has 1 atom stereocenters. The number of aliphatic hydroxyl groups is 1. The zero-order valence-electron chi connectivity index (χ0n) is 16.0. The largest absolute Gasteiger partial charge is 0.466 e. The zero-order chi connectivity index (χ0) is 19.1. The number of rotatable bonds is 7. The van der Waals surface area contributed by atoms with E-state index in [2.05, 4.69) is 56.9 Å². The molecule has 0 spiro atoms. The molecule has 1 aromatic heterocycles. The molecule has 0 radical (unpaired) electrons. The van der Waals surface area contributed by atoms with E-state index < -0.39 is 5.60 Å². The van der Waals surface area contributed by atoms with Gasteiger partial charge in [-0.3, -0.25) is 0 Å². The Morgan fingerprint density at radius 3 is 2.74 bits per heavy atom. The van der Waals surface area contributed by atoms with Crippen molar-refractivity contribution in [1.82, 2.24) is 10.6 Å². The number of guanidine groups is 1. The highest BCUT2D eigenvalue weighted by Crippen LogP contribution is 2.20. The van der Waals surface area contributed by atoms with Gasteiger partial charge in [0.2, 0.25) is 0 Å². The number of hydrogen-bond donors (Lipinski definition) is 3. The fraction of sp³-hybridized carbons (Fsp3) is 0.381. The van der Waals surface area contributed by atoms with E-state index in [0.717, 1.165) is 25.2 Å². The second-order valence-electron chi connectivity index (χ2n) is 6.85. The third kappa shape index (κ3) is 5.14. The van der Waals surface area contributed by atoms with Crippen molar-refractivity contribution in [1.29, 1.82) is 0 Å². The number of benzene rings is 1. The van der Waals surface area contributed by atoms with Gasteiger partial charge in [0.25, 0.3) is 0 Å². The molecular weight excluding hydrogens is 340 g/mol. The van der Waals surface area contributed by atoms with Crippen molar-refractivity contribution in [2.24, 2.45) is 4.99 Å². The molecule has 0 amide bonds. The lowest BCUT2D eigenvalue weighted by molar-refractivity contribution is 0.0386. The summed E-state index contributed by atoms with van der Waals surface area (Å²) in [7, 11) is 0. The third-order valence-electron chi connectivity index (χ3n) is 4.51. The summed E-state index contributed by atoms with van der Waals surface area (Å²) >= 11 is 0. The van der Waals surface area contributed by atoms with Crippen LogP contribution in [0.4, 0.5) is 5.69 Å². The molecule has 6 heteroatoms. The predicted octanol–water partition coefficient (Wildman–Crippen LogP) is 2.62. The van der Waals surface area contributed by atoms with Gasteiger partial charge in [-0.2, -0.15) is 0 Å². The Kier molecular flexibility index (Phi) is 6.19. The van der Waals surface area contributed by atoms with E-state index in [-0.39, 0.29) is 0 Å². The number of nitrogens with zero attached hydrogens (tertiary/aromatic N) is 2. The lowest BCUT2D eigenvalue weighted by Gasteiger charge is -2.22. The van der Waals surface area contributed by atoms with E-state index in [0.29, 0.717) is 24.8 Å². The van der Waals surface area contributed by atoms with Crippen molar-refractivity contribution >= 4 is 11.6 Å². The Morgan fingerprint density at radius 1 is 1.22 bits per heavy atom. The summed E-state index contributed by atoms with van der Waals surface area (Å²) in [6.45, 7) is 7.25. The van der Waals surface area contributed by atoms with Gasteiger partial charge in [-0.05, 0) is 43.7 Å². The quantitative estimate of drug-likeness (QED) is 0.398. The average Bonchev–Trinajstić information content (AvgIpc) is 3.38. The zero-order valence-corrected chi connectivity index (χ0v) is 16.0. The summed E-state index contributed by atoms with van der Waals surface area (Å²) in [6.07, 6.45) is 5.93. The van der Waals surface area contributed by atoms with Gasteiger partial charge in [-0.15, -0.1) is 0 Å². The van der Waals surface area contributed by atoms with Crippen LogP contribution in [0.3, 0.4) is 0 Å². The molecule has 0 saturated heterocycles. The van der Waals surface area contributed by atoms with Gasteiger partial charge in [0.05, 0.1) is 19.4 Å². The third-order valence-corrected chi connectivity index (χ3v) is 4.51.